The molecule has 0 bridgehead atoms. The molecule has 0 aliphatic carbocycles. The van der Waals surface area contributed by atoms with Crippen molar-refractivity contribution in [1.82, 2.24) is 5.32 Å². The largest absolute Gasteiger partial charge is 0.376 e. The van der Waals surface area contributed by atoms with Crippen molar-refractivity contribution in [2.24, 2.45) is 0 Å². The van der Waals surface area contributed by atoms with Crippen LogP contribution in [0, 0.1) is 11.3 Å². The molecular weight excluding hydrogens is 226 g/mol. The molecule has 4 nitrogen and oxygen atoms in total. The molecule has 1 aromatic carbocycles. The van der Waals surface area contributed by atoms with Crippen LogP contribution in [0.4, 0.5) is 5.69 Å². The Kier molecular flexibility index (Phi) is 6.34. The van der Waals surface area contributed by atoms with Gasteiger partial charge in [-0.15, -0.1) is 0 Å². The van der Waals surface area contributed by atoms with Crippen molar-refractivity contribution in [1.29, 1.82) is 5.26 Å². The third-order valence-electron chi connectivity index (χ3n) is 2.50. The normalized spacial score (nSPS) is 9.56. The van der Waals surface area contributed by atoms with E-state index in [4.69, 9.17) is 5.26 Å². The minimum Gasteiger partial charge on any atom is -0.376 e. The van der Waals surface area contributed by atoms with Crippen LogP contribution >= 0.6 is 0 Å². The lowest BCUT2D eigenvalue weighted by Crippen LogP contribution is -2.30. The molecule has 4 heteroatoms. The fourth-order valence-corrected chi connectivity index (χ4v) is 1.58. The number of carbonyl (C=O) groups excluding carboxylic acids is 1. The quantitative estimate of drug-likeness (QED) is 0.723. The summed E-state index contributed by atoms with van der Waals surface area (Å²) in [6.07, 6.45) is 2.56. The van der Waals surface area contributed by atoms with Crippen molar-refractivity contribution in [2.45, 2.75) is 26.2 Å². The third-order valence-corrected chi connectivity index (χ3v) is 2.50. The second-order valence-corrected chi connectivity index (χ2v) is 4.06. The van der Waals surface area contributed by atoms with Crippen LogP contribution in [-0.2, 0) is 11.2 Å². The van der Waals surface area contributed by atoms with Crippen molar-refractivity contribution in [2.75, 3.05) is 18.4 Å². The van der Waals surface area contributed by atoms with E-state index in [-0.39, 0.29) is 12.5 Å². The van der Waals surface area contributed by atoms with E-state index in [1.165, 1.54) is 5.56 Å². The minimum atomic E-state index is -0.0946. The molecule has 0 atom stereocenters. The highest BCUT2D eigenvalue weighted by atomic mass is 16.1. The number of nitrogens with one attached hydrogen (secondary N) is 2. The molecule has 0 fully saturated rings. The number of carbonyl (C=O) groups is 1. The summed E-state index contributed by atoms with van der Waals surface area (Å²) in [4.78, 5) is 11.4. The zero-order valence-electron chi connectivity index (χ0n) is 10.7. The molecule has 0 aliphatic rings. The average Bonchev–Trinajstić information content (AvgIpc) is 2.39. The standard InChI is InChI=1S/C14H19N3O/c1-2-4-12-5-7-13(8-6-12)17-11-14(18)16-10-3-9-15/h5-8,17H,2-4,10-11H2,1H3,(H,16,18). The van der Waals surface area contributed by atoms with Gasteiger partial charge >= 0.3 is 0 Å². The van der Waals surface area contributed by atoms with Gasteiger partial charge < -0.3 is 10.6 Å². The number of nitriles is 1. The molecule has 0 heterocycles. The van der Waals surface area contributed by atoms with Gasteiger partial charge in [0.15, 0.2) is 0 Å². The van der Waals surface area contributed by atoms with Gasteiger partial charge in [-0.1, -0.05) is 25.5 Å². The summed E-state index contributed by atoms with van der Waals surface area (Å²) in [7, 11) is 0. The molecule has 0 unspecified atom stereocenters. The van der Waals surface area contributed by atoms with Gasteiger partial charge in [-0.05, 0) is 24.1 Å². The second kappa shape index (κ2) is 8.13. The summed E-state index contributed by atoms with van der Waals surface area (Å²) in [6.45, 7) is 2.79. The van der Waals surface area contributed by atoms with Crippen LogP contribution in [0.1, 0.15) is 25.3 Å². The van der Waals surface area contributed by atoms with E-state index in [0.717, 1.165) is 18.5 Å². The number of hydrogen-bond acceptors (Lipinski definition) is 3. The molecule has 0 aliphatic heterocycles. The number of rotatable bonds is 7. The first-order chi connectivity index (χ1) is 8.76. The Morgan fingerprint density at radius 2 is 2.06 bits per heavy atom. The van der Waals surface area contributed by atoms with Crippen LogP contribution in [0.15, 0.2) is 24.3 Å². The van der Waals surface area contributed by atoms with Gasteiger partial charge in [0.2, 0.25) is 5.91 Å². The van der Waals surface area contributed by atoms with Gasteiger partial charge in [-0.25, -0.2) is 0 Å². The number of nitrogens with zero attached hydrogens (tertiary/aromatic N) is 1. The summed E-state index contributed by atoms with van der Waals surface area (Å²) < 4.78 is 0. The van der Waals surface area contributed by atoms with Gasteiger partial charge in [0, 0.05) is 12.2 Å². The Labute approximate surface area is 108 Å². The number of hydrogen-bond donors (Lipinski definition) is 2. The highest BCUT2D eigenvalue weighted by Gasteiger charge is 2.00. The highest BCUT2D eigenvalue weighted by Crippen LogP contribution is 2.10. The van der Waals surface area contributed by atoms with E-state index >= 15 is 0 Å². The number of anilines is 1. The van der Waals surface area contributed by atoms with Crippen molar-refractivity contribution in [3.8, 4) is 6.07 Å². The maximum atomic E-state index is 11.4. The molecule has 0 radical (unpaired) electrons. The smallest absolute Gasteiger partial charge is 0.239 e. The lowest BCUT2D eigenvalue weighted by Gasteiger charge is -2.07. The van der Waals surface area contributed by atoms with Crippen LogP contribution in [-0.4, -0.2) is 19.0 Å². The van der Waals surface area contributed by atoms with E-state index < -0.39 is 0 Å². The lowest BCUT2D eigenvalue weighted by molar-refractivity contribution is -0.119. The van der Waals surface area contributed by atoms with Gasteiger partial charge in [0.05, 0.1) is 19.0 Å². The van der Waals surface area contributed by atoms with E-state index in [9.17, 15) is 4.79 Å². The predicted octanol–water partition coefficient (Wildman–Crippen LogP) is 2.08. The Bertz CT molecular complexity index is 406. The van der Waals surface area contributed by atoms with E-state index in [2.05, 4.69) is 29.7 Å². The Balaban J connectivity index is 2.30. The lowest BCUT2D eigenvalue weighted by atomic mass is 10.1. The Hall–Kier alpha value is -2.02. The molecule has 96 valence electrons. The first-order valence-corrected chi connectivity index (χ1v) is 6.22. The number of benzene rings is 1. The topological polar surface area (TPSA) is 64.9 Å². The van der Waals surface area contributed by atoms with E-state index in [1.807, 2.05) is 18.2 Å². The molecule has 1 amide bonds. The second-order valence-electron chi connectivity index (χ2n) is 4.06. The monoisotopic (exact) mass is 245 g/mol. The average molecular weight is 245 g/mol. The molecule has 0 saturated heterocycles. The Morgan fingerprint density at radius 3 is 2.67 bits per heavy atom. The van der Waals surface area contributed by atoms with E-state index in [0.29, 0.717) is 13.0 Å². The number of aryl methyl sites for hydroxylation is 1. The fraction of sp³-hybridized carbons (Fsp3) is 0.429. The molecule has 1 aromatic rings. The summed E-state index contributed by atoms with van der Waals surface area (Å²) in [5, 5.41) is 14.0. The molecule has 1 rings (SSSR count). The van der Waals surface area contributed by atoms with Crippen molar-refractivity contribution >= 4 is 11.6 Å². The van der Waals surface area contributed by atoms with Gasteiger partial charge in [-0.2, -0.15) is 5.26 Å². The van der Waals surface area contributed by atoms with Crippen molar-refractivity contribution in [3.63, 3.8) is 0 Å². The van der Waals surface area contributed by atoms with Crippen LogP contribution in [0.25, 0.3) is 0 Å². The molecule has 0 spiro atoms. The summed E-state index contributed by atoms with van der Waals surface area (Å²) >= 11 is 0. The van der Waals surface area contributed by atoms with Gasteiger partial charge in [0.1, 0.15) is 0 Å². The number of amides is 1. The van der Waals surface area contributed by atoms with Gasteiger partial charge in [-0.3, -0.25) is 4.79 Å². The van der Waals surface area contributed by atoms with Crippen LogP contribution in [0.3, 0.4) is 0 Å². The fourth-order valence-electron chi connectivity index (χ4n) is 1.58. The first-order valence-electron chi connectivity index (χ1n) is 6.22. The third kappa shape index (κ3) is 5.35. The van der Waals surface area contributed by atoms with Crippen molar-refractivity contribution in [3.05, 3.63) is 29.8 Å². The molecule has 0 saturated carbocycles. The highest BCUT2D eigenvalue weighted by molar-refractivity contribution is 5.80. The molecular formula is C14H19N3O. The maximum absolute atomic E-state index is 11.4. The summed E-state index contributed by atoms with van der Waals surface area (Å²) in [6, 6.07) is 10.1. The van der Waals surface area contributed by atoms with Crippen molar-refractivity contribution < 1.29 is 4.79 Å². The predicted molar refractivity (Wildman–Crippen MR) is 72.2 cm³/mol. The molecule has 2 N–H and O–H groups in total. The Morgan fingerprint density at radius 1 is 1.33 bits per heavy atom. The molecule has 0 aromatic heterocycles. The zero-order chi connectivity index (χ0) is 13.2. The zero-order valence-corrected chi connectivity index (χ0v) is 10.7. The van der Waals surface area contributed by atoms with Gasteiger partial charge in [0.25, 0.3) is 0 Å². The maximum Gasteiger partial charge on any atom is 0.239 e. The summed E-state index contributed by atoms with van der Waals surface area (Å²) in [5.74, 6) is -0.0946. The SMILES string of the molecule is CCCc1ccc(NCC(=O)NCCC#N)cc1. The minimum absolute atomic E-state index is 0.0946. The van der Waals surface area contributed by atoms with E-state index in [1.54, 1.807) is 0 Å². The van der Waals surface area contributed by atoms with Crippen LogP contribution < -0.4 is 10.6 Å². The summed E-state index contributed by atoms with van der Waals surface area (Å²) in [5.41, 5.74) is 2.24. The van der Waals surface area contributed by atoms with Crippen LogP contribution in [0.2, 0.25) is 0 Å². The molecule has 18 heavy (non-hydrogen) atoms. The first kappa shape index (κ1) is 14.0. The van der Waals surface area contributed by atoms with Crippen LogP contribution in [0.5, 0.6) is 0 Å².